The van der Waals surface area contributed by atoms with Crippen molar-refractivity contribution in [1.29, 1.82) is 0 Å². The molecule has 0 unspecified atom stereocenters. The number of hydrogen-bond acceptors (Lipinski definition) is 4. The predicted molar refractivity (Wildman–Crippen MR) is 101 cm³/mol. The fourth-order valence-electron chi connectivity index (χ4n) is 3.55. The Balaban J connectivity index is 1.50. The minimum atomic E-state index is -0.571. The normalized spacial score (nSPS) is 28.2. The van der Waals surface area contributed by atoms with Crippen molar-refractivity contribution in [3.8, 4) is 0 Å². The molecule has 1 aromatic carbocycles. The molecule has 2 heterocycles. The topological polar surface area (TPSA) is 44.8 Å². The molecule has 2 aliphatic heterocycles. The standard InChI is InChI=1S/C22H28O4/c1-22(2)25-19(12-6-10-18-11-7-13-21(23)24-18)16-20(26-22)15-14-17-8-4-3-5-9-17/h3-10,13,18-20H,11-12,14-16H2,1-2H3/b10-6+/t18-,19-,20-/m0/s1. The Bertz CT molecular complexity index is 647. The zero-order valence-electron chi connectivity index (χ0n) is 15.6. The van der Waals surface area contributed by atoms with Crippen LogP contribution in [0.3, 0.4) is 0 Å². The van der Waals surface area contributed by atoms with E-state index in [1.807, 2.05) is 32.1 Å². The highest BCUT2D eigenvalue weighted by Crippen LogP contribution is 2.30. The second-order valence-electron chi connectivity index (χ2n) is 7.42. The number of carbonyl (C=O) groups is 1. The maximum atomic E-state index is 11.3. The highest BCUT2D eigenvalue weighted by molar-refractivity contribution is 5.82. The van der Waals surface area contributed by atoms with Crippen LogP contribution in [0.4, 0.5) is 0 Å². The Hall–Kier alpha value is -1.91. The summed E-state index contributed by atoms with van der Waals surface area (Å²) < 4.78 is 17.4. The minimum Gasteiger partial charge on any atom is -0.455 e. The summed E-state index contributed by atoms with van der Waals surface area (Å²) in [5, 5.41) is 0. The van der Waals surface area contributed by atoms with Gasteiger partial charge in [-0.2, -0.15) is 0 Å². The third-order valence-electron chi connectivity index (χ3n) is 4.66. The second kappa shape index (κ2) is 8.65. The van der Waals surface area contributed by atoms with Crippen LogP contribution in [0.15, 0.2) is 54.6 Å². The molecule has 3 rings (SSSR count). The fraction of sp³-hybridized carbons (Fsp3) is 0.500. The van der Waals surface area contributed by atoms with Gasteiger partial charge in [-0.3, -0.25) is 0 Å². The molecule has 0 spiro atoms. The molecular formula is C22H28O4. The number of carbonyl (C=O) groups excluding carboxylic acids is 1. The first kappa shape index (κ1) is 18.9. The van der Waals surface area contributed by atoms with E-state index in [1.54, 1.807) is 0 Å². The highest BCUT2D eigenvalue weighted by atomic mass is 16.7. The minimum absolute atomic E-state index is 0.116. The van der Waals surface area contributed by atoms with Crippen LogP contribution in [0.1, 0.15) is 45.1 Å². The van der Waals surface area contributed by atoms with Gasteiger partial charge in [-0.15, -0.1) is 0 Å². The summed E-state index contributed by atoms with van der Waals surface area (Å²) in [6, 6.07) is 10.5. The third kappa shape index (κ3) is 5.82. The van der Waals surface area contributed by atoms with Gasteiger partial charge in [0.25, 0.3) is 0 Å². The monoisotopic (exact) mass is 356 g/mol. The van der Waals surface area contributed by atoms with Gasteiger partial charge in [0.05, 0.1) is 12.2 Å². The highest BCUT2D eigenvalue weighted by Gasteiger charge is 2.34. The van der Waals surface area contributed by atoms with Crippen molar-refractivity contribution < 1.29 is 19.0 Å². The van der Waals surface area contributed by atoms with E-state index >= 15 is 0 Å². The lowest BCUT2D eigenvalue weighted by molar-refractivity contribution is -0.299. The second-order valence-corrected chi connectivity index (χ2v) is 7.42. The van der Waals surface area contributed by atoms with E-state index in [4.69, 9.17) is 14.2 Å². The molecule has 0 radical (unpaired) electrons. The van der Waals surface area contributed by atoms with Gasteiger partial charge < -0.3 is 14.2 Å². The van der Waals surface area contributed by atoms with Crippen molar-refractivity contribution in [3.63, 3.8) is 0 Å². The first-order chi connectivity index (χ1) is 12.5. The molecule has 1 fully saturated rings. The molecule has 0 amide bonds. The maximum Gasteiger partial charge on any atom is 0.331 e. The number of ether oxygens (including phenoxy) is 3. The molecule has 3 atom stereocenters. The van der Waals surface area contributed by atoms with Crippen LogP contribution < -0.4 is 0 Å². The van der Waals surface area contributed by atoms with E-state index in [9.17, 15) is 4.79 Å². The van der Waals surface area contributed by atoms with E-state index in [2.05, 4.69) is 30.3 Å². The summed E-state index contributed by atoms with van der Waals surface area (Å²) in [5.41, 5.74) is 1.34. The largest absolute Gasteiger partial charge is 0.455 e. The van der Waals surface area contributed by atoms with E-state index in [0.717, 1.165) is 32.1 Å². The maximum absolute atomic E-state index is 11.3. The number of esters is 1. The molecule has 0 N–H and O–H groups in total. The van der Waals surface area contributed by atoms with Gasteiger partial charge >= 0.3 is 5.97 Å². The molecule has 26 heavy (non-hydrogen) atoms. The molecule has 2 aliphatic rings. The van der Waals surface area contributed by atoms with Gasteiger partial charge in [0, 0.05) is 18.9 Å². The van der Waals surface area contributed by atoms with Crippen LogP contribution in [-0.4, -0.2) is 30.1 Å². The summed E-state index contributed by atoms with van der Waals surface area (Å²) in [4.78, 5) is 11.3. The molecule has 4 heteroatoms. The summed E-state index contributed by atoms with van der Waals surface area (Å²) in [6.07, 6.45) is 11.9. The van der Waals surface area contributed by atoms with Gasteiger partial charge in [-0.25, -0.2) is 4.79 Å². The summed E-state index contributed by atoms with van der Waals surface area (Å²) in [5.74, 6) is -0.839. The van der Waals surface area contributed by atoms with Gasteiger partial charge in [0.15, 0.2) is 5.79 Å². The number of aryl methyl sites for hydroxylation is 1. The lowest BCUT2D eigenvalue weighted by atomic mass is 9.99. The number of cyclic esters (lactones) is 1. The van der Waals surface area contributed by atoms with Gasteiger partial charge in [-0.1, -0.05) is 42.5 Å². The van der Waals surface area contributed by atoms with Crippen molar-refractivity contribution in [1.82, 2.24) is 0 Å². The molecule has 1 aromatic rings. The molecule has 0 aromatic heterocycles. The van der Waals surface area contributed by atoms with Crippen molar-refractivity contribution in [3.05, 3.63) is 60.2 Å². The quantitative estimate of drug-likeness (QED) is 0.562. The first-order valence-electron chi connectivity index (χ1n) is 9.43. The van der Waals surface area contributed by atoms with E-state index < -0.39 is 5.79 Å². The zero-order valence-corrected chi connectivity index (χ0v) is 15.6. The van der Waals surface area contributed by atoms with Gasteiger partial charge in [0.1, 0.15) is 6.10 Å². The molecule has 0 saturated carbocycles. The zero-order chi connectivity index (χ0) is 18.4. The van der Waals surface area contributed by atoms with E-state index in [1.165, 1.54) is 11.6 Å². The summed E-state index contributed by atoms with van der Waals surface area (Å²) in [6.45, 7) is 3.96. The van der Waals surface area contributed by atoms with Gasteiger partial charge in [-0.05, 0) is 44.7 Å². The van der Waals surface area contributed by atoms with E-state index in [-0.39, 0.29) is 24.3 Å². The van der Waals surface area contributed by atoms with Crippen molar-refractivity contribution in [2.75, 3.05) is 0 Å². The van der Waals surface area contributed by atoms with Crippen LogP contribution in [0.5, 0.6) is 0 Å². The molecule has 0 bridgehead atoms. The number of rotatable bonds is 6. The Morgan fingerprint density at radius 1 is 1.15 bits per heavy atom. The average molecular weight is 356 g/mol. The fourth-order valence-corrected chi connectivity index (χ4v) is 3.55. The molecule has 4 nitrogen and oxygen atoms in total. The molecule has 140 valence electrons. The molecular weight excluding hydrogens is 328 g/mol. The summed E-state index contributed by atoms with van der Waals surface area (Å²) >= 11 is 0. The van der Waals surface area contributed by atoms with Crippen molar-refractivity contribution in [2.45, 2.75) is 70.1 Å². The SMILES string of the molecule is CC1(C)O[C@@H](C/C=C/[C@H]2CC=CC(=O)O2)C[C@H](CCc2ccccc2)O1. The Morgan fingerprint density at radius 3 is 2.69 bits per heavy atom. The average Bonchev–Trinajstić information content (AvgIpc) is 2.60. The van der Waals surface area contributed by atoms with Crippen molar-refractivity contribution >= 4 is 5.97 Å². The predicted octanol–water partition coefficient (Wildman–Crippen LogP) is 4.35. The lowest BCUT2D eigenvalue weighted by Crippen LogP contribution is -2.44. The van der Waals surface area contributed by atoms with Crippen LogP contribution in [0, 0.1) is 0 Å². The first-order valence-corrected chi connectivity index (χ1v) is 9.43. The smallest absolute Gasteiger partial charge is 0.331 e. The van der Waals surface area contributed by atoms with Crippen LogP contribution in [0.2, 0.25) is 0 Å². The molecule has 1 saturated heterocycles. The van der Waals surface area contributed by atoms with Crippen molar-refractivity contribution in [2.24, 2.45) is 0 Å². The molecule has 0 aliphatic carbocycles. The lowest BCUT2D eigenvalue weighted by Gasteiger charge is -2.40. The van der Waals surface area contributed by atoms with Crippen LogP contribution in [-0.2, 0) is 25.4 Å². The Labute approximate surface area is 155 Å². The summed E-state index contributed by atoms with van der Waals surface area (Å²) in [7, 11) is 0. The van der Waals surface area contributed by atoms with Crippen LogP contribution in [0.25, 0.3) is 0 Å². The Kier molecular flexibility index (Phi) is 6.28. The van der Waals surface area contributed by atoms with Gasteiger partial charge in [0.2, 0.25) is 0 Å². The van der Waals surface area contributed by atoms with E-state index in [0.29, 0.717) is 0 Å². The van der Waals surface area contributed by atoms with Crippen LogP contribution >= 0.6 is 0 Å². The number of hydrogen-bond donors (Lipinski definition) is 0. The Morgan fingerprint density at radius 2 is 1.92 bits per heavy atom. The number of benzene rings is 1. The third-order valence-corrected chi connectivity index (χ3v) is 4.66.